The van der Waals surface area contributed by atoms with Crippen molar-refractivity contribution in [2.45, 2.75) is 19.4 Å². The first-order valence-corrected chi connectivity index (χ1v) is 4.43. The van der Waals surface area contributed by atoms with E-state index in [0.717, 1.165) is 37.5 Å². The summed E-state index contributed by atoms with van der Waals surface area (Å²) in [6.45, 7) is 1.74. The topological polar surface area (TPSA) is 52.9 Å². The molecule has 1 aromatic rings. The van der Waals surface area contributed by atoms with Gasteiger partial charge in [-0.3, -0.25) is 5.41 Å². The second kappa shape index (κ2) is 3.51. The van der Waals surface area contributed by atoms with Crippen LogP contribution in [0.2, 0.25) is 0 Å². The van der Waals surface area contributed by atoms with Crippen LogP contribution in [0.3, 0.4) is 0 Å². The SMILES string of the molecule is N=C1CCCN1Cc1ccncn1. The summed E-state index contributed by atoms with van der Waals surface area (Å²) in [4.78, 5) is 10.0. The van der Waals surface area contributed by atoms with Gasteiger partial charge in [0.2, 0.25) is 0 Å². The minimum absolute atomic E-state index is 0.735. The second-order valence-electron chi connectivity index (χ2n) is 3.17. The maximum absolute atomic E-state index is 7.64. The summed E-state index contributed by atoms with van der Waals surface area (Å²) < 4.78 is 0. The van der Waals surface area contributed by atoms with Gasteiger partial charge in [0.15, 0.2) is 0 Å². The fourth-order valence-electron chi connectivity index (χ4n) is 1.51. The van der Waals surface area contributed by atoms with Crippen molar-refractivity contribution in [3.8, 4) is 0 Å². The highest BCUT2D eigenvalue weighted by Crippen LogP contribution is 2.12. The van der Waals surface area contributed by atoms with Gasteiger partial charge in [0.05, 0.1) is 18.1 Å². The van der Waals surface area contributed by atoms with Crippen molar-refractivity contribution in [3.63, 3.8) is 0 Å². The third kappa shape index (κ3) is 1.83. The predicted molar refractivity (Wildman–Crippen MR) is 49.4 cm³/mol. The maximum atomic E-state index is 7.64. The fraction of sp³-hybridized carbons (Fsp3) is 0.444. The molecule has 4 nitrogen and oxygen atoms in total. The van der Waals surface area contributed by atoms with Crippen LogP contribution in [-0.4, -0.2) is 27.2 Å². The first-order valence-electron chi connectivity index (χ1n) is 4.43. The van der Waals surface area contributed by atoms with Gasteiger partial charge in [-0.2, -0.15) is 0 Å². The molecule has 0 spiro atoms. The predicted octanol–water partition coefficient (Wildman–Crippen LogP) is 1.05. The van der Waals surface area contributed by atoms with Crippen LogP contribution in [0.15, 0.2) is 18.6 Å². The molecule has 1 saturated heterocycles. The fourth-order valence-corrected chi connectivity index (χ4v) is 1.51. The quantitative estimate of drug-likeness (QED) is 0.732. The van der Waals surface area contributed by atoms with E-state index in [1.165, 1.54) is 0 Å². The Morgan fingerprint density at radius 3 is 3.08 bits per heavy atom. The number of aromatic nitrogens is 2. The highest BCUT2D eigenvalue weighted by molar-refractivity contribution is 5.80. The van der Waals surface area contributed by atoms with Gasteiger partial charge in [0.25, 0.3) is 0 Å². The molecule has 1 fully saturated rings. The summed E-state index contributed by atoms with van der Waals surface area (Å²) in [5, 5.41) is 7.64. The van der Waals surface area contributed by atoms with Crippen molar-refractivity contribution in [2.24, 2.45) is 0 Å². The molecule has 0 amide bonds. The molecule has 13 heavy (non-hydrogen) atoms. The molecule has 0 saturated carbocycles. The lowest BCUT2D eigenvalue weighted by atomic mass is 10.4. The standard InChI is InChI=1S/C9H12N4/c10-9-2-1-5-13(9)6-8-3-4-11-7-12-8/h3-4,7,10H,1-2,5-6H2. The normalized spacial score (nSPS) is 16.6. The number of likely N-dealkylation sites (tertiary alicyclic amines) is 1. The Morgan fingerprint density at radius 2 is 2.46 bits per heavy atom. The zero-order valence-electron chi connectivity index (χ0n) is 7.40. The number of nitrogens with one attached hydrogen (secondary N) is 1. The monoisotopic (exact) mass is 176 g/mol. The first-order chi connectivity index (χ1) is 6.36. The number of amidine groups is 1. The van der Waals surface area contributed by atoms with Crippen molar-refractivity contribution < 1.29 is 0 Å². The van der Waals surface area contributed by atoms with Gasteiger partial charge < -0.3 is 4.90 Å². The molecule has 0 aromatic carbocycles. The Labute approximate surface area is 77.1 Å². The smallest absolute Gasteiger partial charge is 0.115 e. The lowest BCUT2D eigenvalue weighted by molar-refractivity contribution is 0.439. The van der Waals surface area contributed by atoms with E-state index < -0.39 is 0 Å². The van der Waals surface area contributed by atoms with Crippen molar-refractivity contribution in [3.05, 3.63) is 24.3 Å². The molecule has 2 heterocycles. The third-order valence-corrected chi connectivity index (χ3v) is 2.22. The van der Waals surface area contributed by atoms with Gasteiger partial charge in [-0.1, -0.05) is 0 Å². The molecule has 68 valence electrons. The zero-order chi connectivity index (χ0) is 9.10. The van der Waals surface area contributed by atoms with E-state index in [9.17, 15) is 0 Å². The van der Waals surface area contributed by atoms with Crippen molar-refractivity contribution in [2.75, 3.05) is 6.54 Å². The van der Waals surface area contributed by atoms with E-state index in [0.29, 0.717) is 0 Å². The highest BCUT2D eigenvalue weighted by atomic mass is 15.2. The summed E-state index contributed by atoms with van der Waals surface area (Å²) in [5.74, 6) is 0.735. The van der Waals surface area contributed by atoms with E-state index in [-0.39, 0.29) is 0 Å². The van der Waals surface area contributed by atoms with E-state index in [2.05, 4.69) is 14.9 Å². The Bertz CT molecular complexity index is 296. The van der Waals surface area contributed by atoms with Crippen LogP contribution in [0.5, 0.6) is 0 Å². The van der Waals surface area contributed by atoms with Crippen LogP contribution >= 0.6 is 0 Å². The maximum Gasteiger partial charge on any atom is 0.115 e. The van der Waals surface area contributed by atoms with Gasteiger partial charge in [0, 0.05) is 19.2 Å². The lowest BCUT2D eigenvalue weighted by Gasteiger charge is -2.16. The summed E-state index contributed by atoms with van der Waals surface area (Å²) in [6, 6.07) is 1.89. The minimum atomic E-state index is 0.735. The van der Waals surface area contributed by atoms with Crippen LogP contribution < -0.4 is 0 Å². The van der Waals surface area contributed by atoms with Crippen molar-refractivity contribution in [1.82, 2.24) is 14.9 Å². The van der Waals surface area contributed by atoms with Gasteiger partial charge in [-0.25, -0.2) is 9.97 Å². The van der Waals surface area contributed by atoms with Gasteiger partial charge in [-0.15, -0.1) is 0 Å². The molecule has 0 bridgehead atoms. The summed E-state index contributed by atoms with van der Waals surface area (Å²) in [5.41, 5.74) is 0.988. The molecule has 4 heteroatoms. The Morgan fingerprint density at radius 1 is 1.54 bits per heavy atom. The van der Waals surface area contributed by atoms with E-state index in [1.807, 2.05) is 6.07 Å². The molecule has 0 atom stereocenters. The molecular weight excluding hydrogens is 164 g/mol. The Balaban J connectivity index is 2.02. The molecule has 1 aromatic heterocycles. The molecular formula is C9H12N4. The van der Waals surface area contributed by atoms with Crippen LogP contribution in [0.25, 0.3) is 0 Å². The largest absolute Gasteiger partial charge is 0.355 e. The van der Waals surface area contributed by atoms with Crippen LogP contribution in [-0.2, 0) is 6.54 Å². The van der Waals surface area contributed by atoms with Gasteiger partial charge in [-0.05, 0) is 12.5 Å². The second-order valence-corrected chi connectivity index (χ2v) is 3.17. The average molecular weight is 176 g/mol. The van der Waals surface area contributed by atoms with E-state index in [1.54, 1.807) is 12.5 Å². The highest BCUT2D eigenvalue weighted by Gasteiger charge is 2.16. The molecule has 1 aliphatic rings. The number of rotatable bonds is 2. The molecule has 0 aliphatic carbocycles. The molecule has 0 unspecified atom stereocenters. The minimum Gasteiger partial charge on any atom is -0.355 e. The molecule has 0 radical (unpaired) electrons. The first kappa shape index (κ1) is 8.16. The summed E-state index contributed by atoms with van der Waals surface area (Å²) in [6.07, 6.45) is 5.30. The summed E-state index contributed by atoms with van der Waals surface area (Å²) >= 11 is 0. The van der Waals surface area contributed by atoms with Crippen LogP contribution in [0, 0.1) is 5.41 Å². The Hall–Kier alpha value is -1.45. The number of hydrogen-bond donors (Lipinski definition) is 1. The van der Waals surface area contributed by atoms with Gasteiger partial charge in [0.1, 0.15) is 6.33 Å². The third-order valence-electron chi connectivity index (χ3n) is 2.22. The molecule has 2 rings (SSSR count). The number of nitrogens with zero attached hydrogens (tertiary/aromatic N) is 3. The molecule has 1 aliphatic heterocycles. The van der Waals surface area contributed by atoms with E-state index in [4.69, 9.17) is 5.41 Å². The van der Waals surface area contributed by atoms with Crippen LogP contribution in [0.4, 0.5) is 0 Å². The van der Waals surface area contributed by atoms with Crippen LogP contribution in [0.1, 0.15) is 18.5 Å². The van der Waals surface area contributed by atoms with E-state index >= 15 is 0 Å². The molecule has 1 N–H and O–H groups in total. The Kier molecular flexibility index (Phi) is 2.21. The lowest BCUT2D eigenvalue weighted by Crippen LogP contribution is -2.23. The summed E-state index contributed by atoms with van der Waals surface area (Å²) in [7, 11) is 0. The number of hydrogen-bond acceptors (Lipinski definition) is 3. The van der Waals surface area contributed by atoms with Crippen molar-refractivity contribution >= 4 is 5.84 Å². The van der Waals surface area contributed by atoms with Gasteiger partial charge >= 0.3 is 0 Å². The average Bonchev–Trinajstić information content (AvgIpc) is 2.54. The van der Waals surface area contributed by atoms with Crippen molar-refractivity contribution in [1.29, 1.82) is 5.41 Å². The zero-order valence-corrected chi connectivity index (χ0v) is 7.40.